The van der Waals surface area contributed by atoms with Gasteiger partial charge < -0.3 is 15.2 Å². The van der Waals surface area contributed by atoms with Gasteiger partial charge in [0.25, 0.3) is 0 Å². The van der Waals surface area contributed by atoms with Crippen LogP contribution >= 0.6 is 0 Å². The largest absolute Gasteiger partial charge is 0.481 e. The van der Waals surface area contributed by atoms with Gasteiger partial charge in [0.15, 0.2) is 0 Å². The lowest BCUT2D eigenvalue weighted by atomic mass is 10.2. The van der Waals surface area contributed by atoms with Crippen molar-refractivity contribution in [3.8, 4) is 0 Å². The van der Waals surface area contributed by atoms with E-state index in [-0.39, 0.29) is 6.42 Å². The number of ether oxygens (including phenoxy) is 1. The van der Waals surface area contributed by atoms with Crippen LogP contribution in [0.2, 0.25) is 0 Å². The zero-order valence-electron chi connectivity index (χ0n) is 12.3. The Labute approximate surface area is 120 Å². The molecule has 0 bridgehead atoms. The smallest absolute Gasteiger partial charge is 0.407 e. The molecular weight excluding hydrogens is 258 g/mol. The van der Waals surface area contributed by atoms with E-state index in [1.165, 1.54) is 0 Å². The Morgan fingerprint density at radius 3 is 2.60 bits per heavy atom. The fraction of sp³-hybridized carbons (Fsp3) is 0.600. The third kappa shape index (κ3) is 14.3. The normalized spacial score (nSPS) is 11.3. The lowest BCUT2D eigenvalue weighted by Crippen LogP contribution is -2.24. The number of carbonyl (C=O) groups excluding carboxylic acids is 1. The second kappa shape index (κ2) is 12.3. The summed E-state index contributed by atoms with van der Waals surface area (Å²) >= 11 is 0. The predicted octanol–water partition coefficient (Wildman–Crippen LogP) is 3.13. The Bertz CT molecular complexity index is 335. The number of hydrogen-bond donors (Lipinski definition) is 2. The molecule has 1 amide bonds. The minimum absolute atomic E-state index is 0.168. The monoisotopic (exact) mass is 283 g/mol. The molecule has 0 aliphatic carbocycles. The van der Waals surface area contributed by atoms with Crippen LogP contribution in [0, 0.1) is 5.92 Å². The number of carbonyl (C=O) groups is 2. The summed E-state index contributed by atoms with van der Waals surface area (Å²) in [5.41, 5.74) is 0. The minimum Gasteiger partial charge on any atom is -0.481 e. The van der Waals surface area contributed by atoms with Crippen LogP contribution in [0.4, 0.5) is 4.79 Å². The van der Waals surface area contributed by atoms with E-state index in [9.17, 15) is 9.59 Å². The van der Waals surface area contributed by atoms with E-state index < -0.39 is 12.1 Å². The first kappa shape index (κ1) is 18.2. The first-order chi connectivity index (χ1) is 9.52. The molecular formula is C15H25NO4. The lowest BCUT2D eigenvalue weighted by Gasteiger charge is -2.04. The molecule has 2 N–H and O–H groups in total. The molecule has 0 aromatic carbocycles. The van der Waals surface area contributed by atoms with Crippen LogP contribution in [0.5, 0.6) is 0 Å². The van der Waals surface area contributed by atoms with Gasteiger partial charge in [0.05, 0.1) is 6.61 Å². The molecule has 0 saturated heterocycles. The van der Waals surface area contributed by atoms with Gasteiger partial charge in [-0.3, -0.25) is 4.79 Å². The van der Waals surface area contributed by atoms with Crippen molar-refractivity contribution in [3.63, 3.8) is 0 Å². The first-order valence-electron chi connectivity index (χ1n) is 6.98. The van der Waals surface area contributed by atoms with Crippen LogP contribution in [0.15, 0.2) is 24.3 Å². The van der Waals surface area contributed by atoms with Crippen LogP contribution < -0.4 is 5.32 Å². The highest BCUT2D eigenvalue weighted by atomic mass is 16.5. The van der Waals surface area contributed by atoms with Crippen molar-refractivity contribution in [1.82, 2.24) is 5.32 Å². The molecule has 5 nitrogen and oxygen atoms in total. The Hall–Kier alpha value is -1.78. The van der Waals surface area contributed by atoms with Gasteiger partial charge in [-0.25, -0.2) is 4.79 Å². The van der Waals surface area contributed by atoms with E-state index in [4.69, 9.17) is 9.84 Å². The highest BCUT2D eigenvalue weighted by Crippen LogP contribution is 2.00. The molecule has 0 aliphatic heterocycles. The molecule has 0 aromatic rings. The highest BCUT2D eigenvalue weighted by molar-refractivity contribution is 5.67. The van der Waals surface area contributed by atoms with Crippen molar-refractivity contribution in [3.05, 3.63) is 24.3 Å². The Balaban J connectivity index is 3.43. The van der Waals surface area contributed by atoms with Crippen LogP contribution in [0.3, 0.4) is 0 Å². The van der Waals surface area contributed by atoms with Gasteiger partial charge in [0.1, 0.15) is 0 Å². The zero-order chi connectivity index (χ0) is 15.2. The van der Waals surface area contributed by atoms with E-state index in [1.807, 2.05) is 18.2 Å². The summed E-state index contributed by atoms with van der Waals surface area (Å²) in [6.07, 6.45) is 9.51. The van der Waals surface area contributed by atoms with Gasteiger partial charge in [0.2, 0.25) is 0 Å². The average molecular weight is 283 g/mol. The lowest BCUT2D eigenvalue weighted by molar-refractivity contribution is -0.137. The zero-order valence-corrected chi connectivity index (χ0v) is 12.3. The molecule has 0 aliphatic rings. The maximum Gasteiger partial charge on any atom is 0.407 e. The van der Waals surface area contributed by atoms with Gasteiger partial charge in [-0.15, -0.1) is 0 Å². The highest BCUT2D eigenvalue weighted by Gasteiger charge is 2.00. The SMILES string of the molecule is CC(C)/C=C/C=C\CNC(=O)OCCCCCC(=O)O. The van der Waals surface area contributed by atoms with E-state index in [1.54, 1.807) is 0 Å². The topological polar surface area (TPSA) is 75.6 Å². The summed E-state index contributed by atoms with van der Waals surface area (Å²) < 4.78 is 4.94. The number of alkyl carbamates (subject to hydrolysis) is 1. The predicted molar refractivity (Wildman–Crippen MR) is 78.6 cm³/mol. The number of carboxylic acids is 1. The number of allylic oxidation sites excluding steroid dienone is 3. The van der Waals surface area contributed by atoms with Crippen molar-refractivity contribution >= 4 is 12.1 Å². The molecule has 0 rings (SSSR count). The Kier molecular flexibility index (Phi) is 11.2. The number of nitrogens with one attached hydrogen (secondary N) is 1. The molecule has 5 heteroatoms. The molecule has 0 radical (unpaired) electrons. The average Bonchev–Trinajstić information content (AvgIpc) is 2.37. The van der Waals surface area contributed by atoms with Gasteiger partial charge in [-0.05, 0) is 25.2 Å². The molecule has 0 fully saturated rings. The fourth-order valence-electron chi connectivity index (χ4n) is 1.35. The maximum atomic E-state index is 11.2. The second-order valence-corrected chi connectivity index (χ2v) is 4.78. The summed E-state index contributed by atoms with van der Waals surface area (Å²) in [5.74, 6) is -0.277. The van der Waals surface area contributed by atoms with Gasteiger partial charge in [-0.2, -0.15) is 0 Å². The third-order valence-corrected chi connectivity index (χ3v) is 2.38. The Morgan fingerprint density at radius 2 is 1.95 bits per heavy atom. The number of amides is 1. The molecule has 0 saturated carbocycles. The van der Waals surface area contributed by atoms with Crippen molar-refractivity contribution in [2.45, 2.75) is 39.5 Å². The van der Waals surface area contributed by atoms with Crippen molar-refractivity contribution in [2.24, 2.45) is 5.92 Å². The Morgan fingerprint density at radius 1 is 1.20 bits per heavy atom. The quantitative estimate of drug-likeness (QED) is 0.477. The van der Waals surface area contributed by atoms with Gasteiger partial charge in [-0.1, -0.05) is 38.2 Å². The van der Waals surface area contributed by atoms with Crippen LogP contribution in [0.25, 0.3) is 0 Å². The maximum absolute atomic E-state index is 11.2. The van der Waals surface area contributed by atoms with E-state index >= 15 is 0 Å². The van der Waals surface area contributed by atoms with Crippen molar-refractivity contribution in [2.75, 3.05) is 13.2 Å². The van der Waals surface area contributed by atoms with Gasteiger partial charge >= 0.3 is 12.1 Å². The molecule has 20 heavy (non-hydrogen) atoms. The second-order valence-electron chi connectivity index (χ2n) is 4.78. The fourth-order valence-corrected chi connectivity index (χ4v) is 1.35. The minimum atomic E-state index is -0.790. The van der Waals surface area contributed by atoms with E-state index in [2.05, 4.69) is 25.2 Å². The summed E-state index contributed by atoms with van der Waals surface area (Å²) in [5, 5.41) is 11.0. The molecule has 0 heterocycles. The molecule has 0 aromatic heterocycles. The molecule has 114 valence electrons. The molecule has 0 spiro atoms. The first-order valence-corrected chi connectivity index (χ1v) is 6.98. The summed E-state index contributed by atoms with van der Waals surface area (Å²) in [6.45, 7) is 4.94. The number of aliphatic carboxylic acids is 1. The van der Waals surface area contributed by atoms with Crippen molar-refractivity contribution < 1.29 is 19.4 Å². The standard InChI is InChI=1S/C15H25NO4/c1-13(2)9-5-3-7-11-16-15(19)20-12-8-4-6-10-14(17)18/h3,5,7,9,13H,4,6,8,10-12H2,1-2H3,(H,16,19)(H,17,18)/b7-3-,9-5+. The van der Waals surface area contributed by atoms with E-state index in [0.717, 1.165) is 6.42 Å². The van der Waals surface area contributed by atoms with Crippen LogP contribution in [-0.4, -0.2) is 30.3 Å². The molecule has 0 atom stereocenters. The summed E-state index contributed by atoms with van der Waals surface area (Å²) in [6, 6.07) is 0. The van der Waals surface area contributed by atoms with Crippen LogP contribution in [-0.2, 0) is 9.53 Å². The third-order valence-electron chi connectivity index (χ3n) is 2.38. The molecule has 0 unspecified atom stereocenters. The summed E-state index contributed by atoms with van der Waals surface area (Å²) in [7, 11) is 0. The number of carboxylic acid groups (broad SMARTS) is 1. The number of hydrogen-bond acceptors (Lipinski definition) is 3. The van der Waals surface area contributed by atoms with E-state index in [0.29, 0.717) is 31.9 Å². The van der Waals surface area contributed by atoms with Gasteiger partial charge in [0, 0.05) is 13.0 Å². The number of unbranched alkanes of at least 4 members (excludes halogenated alkanes) is 2. The van der Waals surface area contributed by atoms with Crippen molar-refractivity contribution in [1.29, 1.82) is 0 Å². The van der Waals surface area contributed by atoms with Crippen LogP contribution in [0.1, 0.15) is 39.5 Å². The summed E-state index contributed by atoms with van der Waals surface area (Å²) in [4.78, 5) is 21.5. The number of rotatable bonds is 10.